The molecule has 4 aromatic rings. The highest BCUT2D eigenvalue weighted by Crippen LogP contribution is 2.37. The first-order valence-corrected chi connectivity index (χ1v) is 10.4. The molecule has 144 valence electrons. The van der Waals surface area contributed by atoms with Crippen LogP contribution >= 0.6 is 11.3 Å². The second-order valence-corrected chi connectivity index (χ2v) is 7.97. The number of para-hydroxylation sites is 2. The van der Waals surface area contributed by atoms with E-state index in [-0.39, 0.29) is 5.91 Å². The highest BCUT2D eigenvalue weighted by atomic mass is 32.1. The van der Waals surface area contributed by atoms with Crippen LogP contribution in [0.5, 0.6) is 0 Å². The molecule has 2 aromatic heterocycles. The number of carbonyl (C=O) groups excluding carboxylic acids is 1. The summed E-state index contributed by atoms with van der Waals surface area (Å²) in [7, 11) is 0. The van der Waals surface area contributed by atoms with Gasteiger partial charge < -0.3 is 0 Å². The van der Waals surface area contributed by atoms with Gasteiger partial charge in [0.1, 0.15) is 6.04 Å². The Hall–Kier alpha value is -3.32. The quantitative estimate of drug-likeness (QED) is 0.510. The molecule has 1 amide bonds. The number of nitrogens with zero attached hydrogens (tertiary/aromatic N) is 5. The average Bonchev–Trinajstić information content (AvgIpc) is 3.42. The molecule has 5 rings (SSSR count). The summed E-state index contributed by atoms with van der Waals surface area (Å²) in [6.45, 7) is 1.82. The molecule has 1 atom stereocenters. The SMILES string of the molecule is C[C@H](C(=O)N1c2ccccc2CCc2ccccc21)n1nnc(-c2cccs2)n1. The summed E-state index contributed by atoms with van der Waals surface area (Å²) in [5.74, 6) is 0.457. The van der Waals surface area contributed by atoms with Gasteiger partial charge in [-0.1, -0.05) is 42.5 Å². The second kappa shape index (κ2) is 7.25. The van der Waals surface area contributed by atoms with Crippen LogP contribution in [0.2, 0.25) is 0 Å². The van der Waals surface area contributed by atoms with E-state index in [9.17, 15) is 4.79 Å². The molecule has 0 N–H and O–H groups in total. The molecular formula is C22H19N5OS. The first-order valence-electron chi connectivity index (χ1n) is 9.55. The Morgan fingerprint density at radius 3 is 2.24 bits per heavy atom. The summed E-state index contributed by atoms with van der Waals surface area (Å²) in [5.41, 5.74) is 4.17. The number of hydrogen-bond acceptors (Lipinski definition) is 5. The number of tetrazole rings is 1. The molecular weight excluding hydrogens is 382 g/mol. The minimum absolute atomic E-state index is 0.0815. The second-order valence-electron chi connectivity index (χ2n) is 7.02. The van der Waals surface area contributed by atoms with Crippen LogP contribution in [0.1, 0.15) is 24.1 Å². The number of amides is 1. The third-order valence-electron chi connectivity index (χ3n) is 5.22. The van der Waals surface area contributed by atoms with Crippen LogP contribution in [0.15, 0.2) is 66.0 Å². The first kappa shape index (κ1) is 17.8. The zero-order chi connectivity index (χ0) is 19.8. The minimum Gasteiger partial charge on any atom is -0.279 e. The van der Waals surface area contributed by atoms with E-state index in [4.69, 9.17) is 0 Å². The Morgan fingerprint density at radius 1 is 0.966 bits per heavy atom. The fourth-order valence-electron chi connectivity index (χ4n) is 3.70. The smallest absolute Gasteiger partial charge is 0.258 e. The van der Waals surface area contributed by atoms with Crippen LogP contribution < -0.4 is 4.90 Å². The van der Waals surface area contributed by atoms with E-state index < -0.39 is 6.04 Å². The van der Waals surface area contributed by atoms with Gasteiger partial charge in [0, 0.05) is 0 Å². The molecule has 0 unspecified atom stereocenters. The highest BCUT2D eigenvalue weighted by molar-refractivity contribution is 7.13. The van der Waals surface area contributed by atoms with E-state index >= 15 is 0 Å². The Labute approximate surface area is 172 Å². The molecule has 29 heavy (non-hydrogen) atoms. The number of carbonyl (C=O) groups is 1. The van der Waals surface area contributed by atoms with E-state index in [1.54, 1.807) is 11.3 Å². The van der Waals surface area contributed by atoms with Crippen molar-refractivity contribution in [3.8, 4) is 10.7 Å². The van der Waals surface area contributed by atoms with E-state index in [2.05, 4.69) is 27.5 Å². The first-order chi connectivity index (χ1) is 14.2. The number of benzene rings is 2. The lowest BCUT2D eigenvalue weighted by Crippen LogP contribution is -2.34. The van der Waals surface area contributed by atoms with E-state index in [0.29, 0.717) is 5.82 Å². The van der Waals surface area contributed by atoms with Crippen molar-refractivity contribution in [3.63, 3.8) is 0 Å². The Kier molecular flexibility index (Phi) is 4.44. The number of fused-ring (bicyclic) bond motifs is 2. The monoisotopic (exact) mass is 401 g/mol. The van der Waals surface area contributed by atoms with Crippen molar-refractivity contribution in [2.24, 2.45) is 0 Å². The van der Waals surface area contributed by atoms with Gasteiger partial charge in [0.25, 0.3) is 5.91 Å². The van der Waals surface area contributed by atoms with Gasteiger partial charge in [0.15, 0.2) is 0 Å². The van der Waals surface area contributed by atoms with Gasteiger partial charge in [-0.15, -0.1) is 21.5 Å². The molecule has 7 heteroatoms. The third-order valence-corrected chi connectivity index (χ3v) is 6.09. The summed E-state index contributed by atoms with van der Waals surface area (Å²) in [4.78, 5) is 17.8. The summed E-state index contributed by atoms with van der Waals surface area (Å²) in [6, 6.07) is 19.5. The van der Waals surface area contributed by atoms with E-state index in [1.165, 1.54) is 4.80 Å². The van der Waals surface area contributed by atoms with Gasteiger partial charge in [-0.2, -0.15) is 4.80 Å². The average molecular weight is 401 g/mol. The molecule has 0 saturated carbocycles. The normalized spacial score (nSPS) is 14.0. The van der Waals surface area contributed by atoms with Crippen LogP contribution in [0, 0.1) is 0 Å². The number of hydrogen-bond donors (Lipinski definition) is 0. The number of aromatic nitrogens is 4. The van der Waals surface area contributed by atoms with Gasteiger partial charge in [-0.3, -0.25) is 9.69 Å². The zero-order valence-electron chi connectivity index (χ0n) is 15.9. The van der Waals surface area contributed by atoms with Crippen molar-refractivity contribution in [1.29, 1.82) is 0 Å². The maximum absolute atomic E-state index is 13.7. The van der Waals surface area contributed by atoms with Gasteiger partial charge in [-0.25, -0.2) is 0 Å². The standard InChI is InChI=1S/C22H19N5OS/c1-15(27-24-21(23-25-27)20-11-6-14-29-20)22(28)26-18-9-4-2-7-16(18)12-13-17-8-3-5-10-19(17)26/h2-11,14-15H,12-13H2,1H3/t15-/m1/s1. The number of thiophene rings is 1. The molecule has 2 aromatic carbocycles. The lowest BCUT2D eigenvalue weighted by Gasteiger charge is -2.27. The van der Waals surface area contributed by atoms with Crippen LogP contribution in [-0.2, 0) is 17.6 Å². The molecule has 0 saturated heterocycles. The maximum atomic E-state index is 13.7. The van der Waals surface area contributed by atoms with Crippen molar-refractivity contribution in [1.82, 2.24) is 20.2 Å². The molecule has 1 aliphatic rings. The predicted molar refractivity (Wildman–Crippen MR) is 113 cm³/mol. The van der Waals surface area contributed by atoms with E-state index in [1.807, 2.05) is 65.7 Å². The summed E-state index contributed by atoms with van der Waals surface area (Å²) < 4.78 is 0. The van der Waals surface area contributed by atoms with Crippen molar-refractivity contribution in [2.75, 3.05) is 4.90 Å². The summed E-state index contributed by atoms with van der Waals surface area (Å²) in [6.07, 6.45) is 1.80. The van der Waals surface area contributed by atoms with Crippen LogP contribution in [0.25, 0.3) is 10.7 Å². The molecule has 0 bridgehead atoms. The predicted octanol–water partition coefficient (Wildman–Crippen LogP) is 4.43. The molecule has 0 aliphatic carbocycles. The van der Waals surface area contributed by atoms with Crippen molar-refractivity contribution >= 4 is 28.6 Å². The van der Waals surface area contributed by atoms with Gasteiger partial charge >= 0.3 is 0 Å². The largest absolute Gasteiger partial charge is 0.279 e. The van der Waals surface area contributed by atoms with Crippen LogP contribution in [0.3, 0.4) is 0 Å². The lowest BCUT2D eigenvalue weighted by molar-refractivity contribution is -0.121. The van der Waals surface area contributed by atoms with E-state index in [0.717, 1.165) is 40.2 Å². The minimum atomic E-state index is -0.588. The highest BCUT2D eigenvalue weighted by Gasteiger charge is 2.31. The Morgan fingerprint density at radius 2 is 1.62 bits per heavy atom. The van der Waals surface area contributed by atoms with Crippen molar-refractivity contribution in [2.45, 2.75) is 25.8 Å². The lowest BCUT2D eigenvalue weighted by atomic mass is 10.0. The fourth-order valence-corrected chi connectivity index (χ4v) is 4.34. The van der Waals surface area contributed by atoms with Gasteiger partial charge in [0.05, 0.1) is 16.3 Å². The fraction of sp³-hybridized carbons (Fsp3) is 0.182. The summed E-state index contributed by atoms with van der Waals surface area (Å²) in [5, 5.41) is 14.7. The van der Waals surface area contributed by atoms with Crippen molar-refractivity contribution in [3.05, 3.63) is 77.2 Å². The molecule has 0 fully saturated rings. The summed E-state index contributed by atoms with van der Waals surface area (Å²) >= 11 is 1.55. The van der Waals surface area contributed by atoms with Gasteiger partial charge in [0.2, 0.25) is 5.82 Å². The maximum Gasteiger partial charge on any atom is 0.258 e. The number of aryl methyl sites for hydroxylation is 2. The molecule has 1 aliphatic heterocycles. The van der Waals surface area contributed by atoms with Crippen LogP contribution in [-0.4, -0.2) is 26.1 Å². The van der Waals surface area contributed by atoms with Crippen LogP contribution in [0.4, 0.5) is 11.4 Å². The molecule has 3 heterocycles. The Balaban J connectivity index is 1.55. The topological polar surface area (TPSA) is 63.9 Å². The third kappa shape index (κ3) is 3.13. The molecule has 6 nitrogen and oxygen atoms in total. The number of rotatable bonds is 3. The van der Waals surface area contributed by atoms with Crippen molar-refractivity contribution < 1.29 is 4.79 Å². The number of anilines is 2. The molecule has 0 radical (unpaired) electrons. The Bertz CT molecular complexity index is 1120. The zero-order valence-corrected chi connectivity index (χ0v) is 16.7. The van der Waals surface area contributed by atoms with Gasteiger partial charge in [-0.05, 0) is 59.7 Å². The molecule has 0 spiro atoms.